The van der Waals surface area contributed by atoms with Crippen molar-refractivity contribution in [1.29, 1.82) is 0 Å². The lowest BCUT2D eigenvalue weighted by molar-refractivity contribution is 0.762. The first-order valence-electron chi connectivity index (χ1n) is 12.9. The van der Waals surface area contributed by atoms with E-state index in [1.54, 1.807) is 0 Å². The average molecular weight is 567 g/mol. The summed E-state index contributed by atoms with van der Waals surface area (Å²) in [5, 5.41) is 2.41. The van der Waals surface area contributed by atoms with Crippen LogP contribution in [0.1, 0.15) is 16.7 Å². The van der Waals surface area contributed by atoms with Crippen molar-refractivity contribution in [2.24, 2.45) is 0 Å². The van der Waals surface area contributed by atoms with Gasteiger partial charge in [0.2, 0.25) is 0 Å². The number of aromatic nitrogens is 1. The maximum Gasteiger partial charge on any atom is 0.0713 e. The van der Waals surface area contributed by atoms with Gasteiger partial charge in [-0.1, -0.05) is 121 Å². The smallest absolute Gasteiger partial charge is 0.0713 e. The highest BCUT2D eigenvalue weighted by molar-refractivity contribution is 9.10. The van der Waals surface area contributed by atoms with Crippen LogP contribution < -0.4 is 0 Å². The SMILES string of the molecule is C=C/C=C(\C=C)C1(c2ccccc2)C(C=C)=C(C=C)c2cc3c(cc21)c1ccccc1n3-c1ccc(Br)cc1. The van der Waals surface area contributed by atoms with Gasteiger partial charge in [-0.3, -0.25) is 0 Å². The van der Waals surface area contributed by atoms with Crippen LogP contribution in [0.5, 0.6) is 0 Å². The van der Waals surface area contributed by atoms with Crippen molar-refractivity contribution in [3.05, 3.63) is 180 Å². The van der Waals surface area contributed by atoms with Crippen molar-refractivity contribution in [3.8, 4) is 5.69 Å². The molecule has 1 atom stereocenters. The van der Waals surface area contributed by atoms with Gasteiger partial charge in [0.05, 0.1) is 16.4 Å². The highest BCUT2D eigenvalue weighted by Gasteiger charge is 2.47. The van der Waals surface area contributed by atoms with Crippen molar-refractivity contribution in [2.75, 3.05) is 0 Å². The predicted molar refractivity (Wildman–Crippen MR) is 171 cm³/mol. The molecule has 2 heteroatoms. The molecule has 0 spiro atoms. The molecule has 0 radical (unpaired) electrons. The molecule has 1 aliphatic carbocycles. The van der Waals surface area contributed by atoms with E-state index in [1.807, 2.05) is 24.3 Å². The Morgan fingerprint density at radius 2 is 1.46 bits per heavy atom. The van der Waals surface area contributed by atoms with Gasteiger partial charge in [-0.2, -0.15) is 0 Å². The summed E-state index contributed by atoms with van der Waals surface area (Å²) in [5.74, 6) is 0. The van der Waals surface area contributed by atoms with Gasteiger partial charge in [0.15, 0.2) is 0 Å². The second-order valence-electron chi connectivity index (χ2n) is 9.66. The minimum absolute atomic E-state index is 0.604. The largest absolute Gasteiger partial charge is 0.309 e. The summed E-state index contributed by atoms with van der Waals surface area (Å²) in [7, 11) is 0. The highest BCUT2D eigenvalue weighted by atomic mass is 79.9. The summed E-state index contributed by atoms with van der Waals surface area (Å²) >= 11 is 3.59. The van der Waals surface area contributed by atoms with Gasteiger partial charge in [0.1, 0.15) is 0 Å². The zero-order valence-electron chi connectivity index (χ0n) is 21.7. The van der Waals surface area contributed by atoms with Crippen LogP contribution in [-0.2, 0) is 5.41 Å². The molecule has 0 N–H and O–H groups in total. The lowest BCUT2D eigenvalue weighted by Gasteiger charge is -2.35. The fraction of sp³-hybridized carbons (Fsp3) is 0.0270. The fourth-order valence-electron chi connectivity index (χ4n) is 6.34. The van der Waals surface area contributed by atoms with Crippen molar-refractivity contribution in [3.63, 3.8) is 0 Å². The molecule has 6 rings (SSSR count). The molecule has 1 aromatic heterocycles. The predicted octanol–water partition coefficient (Wildman–Crippen LogP) is 10.3. The lowest BCUT2D eigenvalue weighted by atomic mass is 9.66. The lowest BCUT2D eigenvalue weighted by Crippen LogP contribution is -2.29. The van der Waals surface area contributed by atoms with Gasteiger partial charge in [-0.25, -0.2) is 0 Å². The molecule has 1 unspecified atom stereocenters. The molecule has 0 fully saturated rings. The molecule has 1 nitrogen and oxygen atoms in total. The minimum Gasteiger partial charge on any atom is -0.309 e. The van der Waals surface area contributed by atoms with Crippen LogP contribution in [0.2, 0.25) is 0 Å². The van der Waals surface area contributed by atoms with E-state index in [0.29, 0.717) is 0 Å². The number of para-hydroxylation sites is 1. The summed E-state index contributed by atoms with van der Waals surface area (Å²) in [6.07, 6.45) is 9.80. The third-order valence-corrected chi connectivity index (χ3v) is 8.38. The van der Waals surface area contributed by atoms with Crippen LogP contribution in [0.15, 0.2) is 163 Å². The van der Waals surface area contributed by atoms with E-state index in [0.717, 1.165) is 43.5 Å². The minimum atomic E-state index is -0.604. The zero-order chi connectivity index (χ0) is 27.1. The number of benzene rings is 4. The maximum atomic E-state index is 4.30. The Bertz CT molecular complexity index is 1860. The fourth-order valence-corrected chi connectivity index (χ4v) is 6.61. The Hall–Kier alpha value is -4.40. The summed E-state index contributed by atoms with van der Waals surface area (Å²) < 4.78 is 3.40. The van der Waals surface area contributed by atoms with Gasteiger partial charge in [0, 0.05) is 20.9 Å². The van der Waals surface area contributed by atoms with Gasteiger partial charge in [-0.15, -0.1) is 0 Å². The molecule has 39 heavy (non-hydrogen) atoms. The first kappa shape index (κ1) is 24.9. The number of nitrogens with zero attached hydrogens (tertiary/aromatic N) is 1. The third-order valence-electron chi connectivity index (χ3n) is 7.85. The average Bonchev–Trinajstić information content (AvgIpc) is 3.45. The molecule has 0 amide bonds. The van der Waals surface area contributed by atoms with Gasteiger partial charge < -0.3 is 4.57 Å². The van der Waals surface area contributed by atoms with E-state index in [-0.39, 0.29) is 0 Å². The van der Waals surface area contributed by atoms with Crippen LogP contribution >= 0.6 is 15.9 Å². The molecule has 188 valence electrons. The second-order valence-corrected chi connectivity index (χ2v) is 10.6. The van der Waals surface area contributed by atoms with Gasteiger partial charge in [-0.05, 0) is 75.9 Å². The zero-order valence-corrected chi connectivity index (χ0v) is 23.3. The van der Waals surface area contributed by atoms with E-state index in [9.17, 15) is 0 Å². The van der Waals surface area contributed by atoms with Crippen molar-refractivity contribution in [1.82, 2.24) is 4.57 Å². The summed E-state index contributed by atoms with van der Waals surface area (Å²) in [6.45, 7) is 16.8. The van der Waals surface area contributed by atoms with E-state index >= 15 is 0 Å². The van der Waals surface area contributed by atoms with Crippen molar-refractivity contribution >= 4 is 43.3 Å². The Kier molecular flexibility index (Phi) is 6.21. The monoisotopic (exact) mass is 565 g/mol. The number of hydrogen-bond acceptors (Lipinski definition) is 0. The standard InChI is InChI=1S/C37H28BrN/c1-5-14-25(6-2)37(26-15-10-9-11-16-26)33(8-4)29(7-3)31-24-36-32(23-34(31)37)30-17-12-13-18-35(30)39(36)28-21-19-27(38)20-22-28/h5-24H,1-4H2/b25-14+. The molecule has 5 aromatic rings. The van der Waals surface area contributed by atoms with Gasteiger partial charge in [0.25, 0.3) is 0 Å². The van der Waals surface area contributed by atoms with Crippen molar-refractivity contribution < 1.29 is 0 Å². The van der Waals surface area contributed by atoms with Gasteiger partial charge >= 0.3 is 0 Å². The molecular weight excluding hydrogens is 538 g/mol. The van der Waals surface area contributed by atoms with E-state index in [4.69, 9.17) is 0 Å². The van der Waals surface area contributed by atoms with Crippen LogP contribution in [0, 0.1) is 0 Å². The number of allylic oxidation sites excluding steroid dienone is 8. The topological polar surface area (TPSA) is 4.93 Å². The number of rotatable bonds is 7. The number of halogens is 1. The molecule has 1 heterocycles. The quantitative estimate of drug-likeness (QED) is 0.173. The summed E-state index contributed by atoms with van der Waals surface area (Å²) in [5.41, 5.74) is 9.55. The molecule has 1 aliphatic rings. The number of fused-ring (bicyclic) bond motifs is 4. The Morgan fingerprint density at radius 1 is 0.744 bits per heavy atom. The Balaban J connectivity index is 1.82. The highest BCUT2D eigenvalue weighted by Crippen LogP contribution is 2.57. The number of hydrogen-bond donors (Lipinski definition) is 0. The normalized spacial score (nSPS) is 16.9. The van der Waals surface area contributed by atoms with Crippen LogP contribution in [0.3, 0.4) is 0 Å². The molecule has 0 aliphatic heterocycles. The summed E-state index contributed by atoms with van der Waals surface area (Å²) in [6, 6.07) is 32.4. The second kappa shape index (κ2) is 9.72. The van der Waals surface area contributed by atoms with Crippen LogP contribution in [0.4, 0.5) is 0 Å². The first-order chi connectivity index (χ1) is 19.1. The molecule has 0 bridgehead atoms. The van der Waals surface area contributed by atoms with Crippen molar-refractivity contribution in [2.45, 2.75) is 5.41 Å². The Morgan fingerprint density at radius 3 is 2.13 bits per heavy atom. The van der Waals surface area contributed by atoms with E-state index < -0.39 is 5.41 Å². The van der Waals surface area contributed by atoms with E-state index in [2.05, 4.69) is 144 Å². The van der Waals surface area contributed by atoms with Crippen LogP contribution in [0.25, 0.3) is 33.1 Å². The van der Waals surface area contributed by atoms with Crippen LogP contribution in [-0.4, -0.2) is 4.57 Å². The first-order valence-corrected chi connectivity index (χ1v) is 13.7. The summed E-state index contributed by atoms with van der Waals surface area (Å²) in [4.78, 5) is 0. The van der Waals surface area contributed by atoms with E-state index in [1.165, 1.54) is 21.9 Å². The molecule has 0 saturated carbocycles. The molecule has 0 saturated heterocycles. The molecular formula is C37H28BrN. The molecule has 4 aromatic carbocycles. The maximum absolute atomic E-state index is 4.30. The Labute approximate surface area is 238 Å². The third kappa shape index (κ3) is 3.52.